The van der Waals surface area contributed by atoms with E-state index < -0.39 is 0 Å². The topological polar surface area (TPSA) is 41.1 Å². The average Bonchev–Trinajstić information content (AvgIpc) is 2.30. The monoisotopic (exact) mass is 234 g/mol. The van der Waals surface area contributed by atoms with E-state index >= 15 is 0 Å². The van der Waals surface area contributed by atoms with Gasteiger partial charge in [-0.3, -0.25) is 4.79 Å². The lowest BCUT2D eigenvalue weighted by Crippen LogP contribution is -2.24. The first kappa shape index (κ1) is 13.7. The van der Waals surface area contributed by atoms with Gasteiger partial charge in [-0.2, -0.15) is 0 Å². The smallest absolute Gasteiger partial charge is 0.221 e. The maximum Gasteiger partial charge on any atom is 0.221 e. The molecule has 0 radical (unpaired) electrons. The van der Waals surface area contributed by atoms with E-state index in [0.29, 0.717) is 13.0 Å². The molecule has 0 aliphatic carbocycles. The minimum Gasteiger partial charge on any atom is -0.359 e. The van der Waals surface area contributed by atoms with Crippen molar-refractivity contribution in [3.05, 3.63) is 34.4 Å². The molecule has 0 aliphatic rings. The molecule has 3 heteroatoms. The van der Waals surface area contributed by atoms with Gasteiger partial charge in [0.2, 0.25) is 5.91 Å². The zero-order valence-corrected chi connectivity index (χ0v) is 11.2. The summed E-state index contributed by atoms with van der Waals surface area (Å²) in [4.78, 5) is 11.0. The van der Waals surface area contributed by atoms with Crippen LogP contribution in [-0.4, -0.2) is 19.5 Å². The van der Waals surface area contributed by atoms with Crippen LogP contribution in [0.4, 0.5) is 0 Å². The molecule has 0 saturated heterocycles. The van der Waals surface area contributed by atoms with Crippen LogP contribution >= 0.6 is 0 Å². The molecule has 0 unspecified atom stereocenters. The van der Waals surface area contributed by atoms with Crippen LogP contribution in [0.1, 0.15) is 28.7 Å². The predicted molar refractivity (Wildman–Crippen MR) is 71.0 cm³/mol. The first-order valence-electron chi connectivity index (χ1n) is 6.02. The van der Waals surface area contributed by atoms with E-state index in [2.05, 4.69) is 43.5 Å². The first-order chi connectivity index (χ1) is 8.04. The third-order valence-corrected chi connectivity index (χ3v) is 3.08. The third-order valence-electron chi connectivity index (χ3n) is 3.08. The molecule has 1 aromatic rings. The van der Waals surface area contributed by atoms with Gasteiger partial charge in [0.05, 0.1) is 0 Å². The van der Waals surface area contributed by atoms with Gasteiger partial charge in [-0.05, 0) is 43.0 Å². The van der Waals surface area contributed by atoms with Gasteiger partial charge in [0.15, 0.2) is 0 Å². The van der Waals surface area contributed by atoms with E-state index in [1.807, 2.05) is 0 Å². The number of aryl methyl sites for hydroxylation is 3. The number of rotatable bonds is 5. The summed E-state index contributed by atoms with van der Waals surface area (Å²) < 4.78 is 0. The molecule has 0 fully saturated rings. The van der Waals surface area contributed by atoms with Gasteiger partial charge in [0.1, 0.15) is 0 Å². The Morgan fingerprint density at radius 1 is 1.12 bits per heavy atom. The molecule has 0 aliphatic heterocycles. The molecule has 0 bridgehead atoms. The summed E-state index contributed by atoms with van der Waals surface area (Å²) in [7, 11) is 1.66. The van der Waals surface area contributed by atoms with Crippen LogP contribution in [0.25, 0.3) is 0 Å². The van der Waals surface area contributed by atoms with Gasteiger partial charge in [-0.1, -0.05) is 12.1 Å². The number of carbonyl (C=O) groups is 1. The van der Waals surface area contributed by atoms with Crippen LogP contribution in [0.5, 0.6) is 0 Å². The van der Waals surface area contributed by atoms with E-state index in [0.717, 1.165) is 6.54 Å². The molecular formula is C14H22N2O. The van der Waals surface area contributed by atoms with E-state index in [1.54, 1.807) is 7.05 Å². The molecule has 2 N–H and O–H groups in total. The quantitative estimate of drug-likeness (QED) is 0.763. The summed E-state index contributed by atoms with van der Waals surface area (Å²) in [5, 5.41) is 5.91. The van der Waals surface area contributed by atoms with Crippen molar-refractivity contribution in [2.45, 2.75) is 33.7 Å². The lowest BCUT2D eigenvalue weighted by atomic mass is 10.0. The van der Waals surface area contributed by atoms with Crippen LogP contribution in [0.15, 0.2) is 12.1 Å². The lowest BCUT2D eigenvalue weighted by Gasteiger charge is -2.10. The van der Waals surface area contributed by atoms with Crippen LogP contribution in [0.3, 0.4) is 0 Å². The Kier molecular flexibility index (Phi) is 5.16. The number of benzene rings is 1. The third kappa shape index (κ3) is 4.19. The van der Waals surface area contributed by atoms with Crippen molar-refractivity contribution < 1.29 is 4.79 Å². The Balaban J connectivity index is 2.47. The van der Waals surface area contributed by atoms with Crippen molar-refractivity contribution in [3.8, 4) is 0 Å². The number of carbonyl (C=O) groups excluding carboxylic acids is 1. The molecule has 0 heterocycles. The molecule has 0 spiro atoms. The highest BCUT2D eigenvalue weighted by Gasteiger charge is 2.02. The number of amides is 1. The van der Waals surface area contributed by atoms with E-state index in [-0.39, 0.29) is 5.91 Å². The van der Waals surface area contributed by atoms with Crippen molar-refractivity contribution >= 4 is 5.91 Å². The second kappa shape index (κ2) is 6.40. The Morgan fingerprint density at radius 3 is 2.41 bits per heavy atom. The van der Waals surface area contributed by atoms with E-state index in [1.165, 1.54) is 22.3 Å². The highest BCUT2D eigenvalue weighted by Crippen LogP contribution is 2.14. The molecule has 3 nitrogen and oxygen atoms in total. The van der Waals surface area contributed by atoms with Crippen molar-refractivity contribution in [2.75, 3.05) is 13.6 Å². The number of hydrogen-bond acceptors (Lipinski definition) is 2. The van der Waals surface area contributed by atoms with E-state index in [4.69, 9.17) is 0 Å². The average molecular weight is 234 g/mol. The summed E-state index contributed by atoms with van der Waals surface area (Å²) in [5.41, 5.74) is 5.26. The molecule has 1 rings (SSSR count). The molecule has 17 heavy (non-hydrogen) atoms. The van der Waals surface area contributed by atoms with Gasteiger partial charge < -0.3 is 10.6 Å². The van der Waals surface area contributed by atoms with Crippen molar-refractivity contribution in [3.63, 3.8) is 0 Å². The zero-order valence-electron chi connectivity index (χ0n) is 11.2. The molecule has 0 aromatic heterocycles. The fraction of sp³-hybridized carbons (Fsp3) is 0.500. The minimum absolute atomic E-state index is 0.0781. The predicted octanol–water partition coefficient (Wildman–Crippen LogP) is 1.84. The molecule has 0 saturated carbocycles. The summed E-state index contributed by atoms with van der Waals surface area (Å²) in [6.07, 6.45) is 0.528. The van der Waals surface area contributed by atoms with Crippen molar-refractivity contribution in [2.24, 2.45) is 0 Å². The fourth-order valence-electron chi connectivity index (χ4n) is 1.76. The van der Waals surface area contributed by atoms with Crippen LogP contribution in [0.2, 0.25) is 0 Å². The summed E-state index contributed by atoms with van der Waals surface area (Å²) in [6, 6.07) is 4.43. The van der Waals surface area contributed by atoms with Gasteiger partial charge in [0, 0.05) is 26.6 Å². The summed E-state index contributed by atoms with van der Waals surface area (Å²) in [6.45, 7) is 7.92. The van der Waals surface area contributed by atoms with Gasteiger partial charge in [-0.25, -0.2) is 0 Å². The maximum absolute atomic E-state index is 11.0. The van der Waals surface area contributed by atoms with Gasteiger partial charge in [0.25, 0.3) is 0 Å². The van der Waals surface area contributed by atoms with Gasteiger partial charge in [-0.15, -0.1) is 0 Å². The Labute approximate surface area is 104 Å². The molecule has 0 atom stereocenters. The molecular weight excluding hydrogens is 212 g/mol. The number of hydrogen-bond donors (Lipinski definition) is 2. The highest BCUT2D eigenvalue weighted by atomic mass is 16.1. The molecule has 1 amide bonds. The van der Waals surface area contributed by atoms with Crippen LogP contribution in [-0.2, 0) is 11.3 Å². The second-order valence-electron chi connectivity index (χ2n) is 4.46. The standard InChI is InChI=1S/C14H22N2O/c1-10-7-12(3)13(8-11(10)2)9-16-6-5-14(17)15-4/h7-8,16H,5-6,9H2,1-4H3,(H,15,17). The number of nitrogens with one attached hydrogen (secondary N) is 2. The Hall–Kier alpha value is -1.35. The minimum atomic E-state index is 0.0781. The SMILES string of the molecule is CNC(=O)CCNCc1cc(C)c(C)cc1C. The largest absolute Gasteiger partial charge is 0.359 e. The second-order valence-corrected chi connectivity index (χ2v) is 4.46. The lowest BCUT2D eigenvalue weighted by molar-refractivity contribution is -0.120. The summed E-state index contributed by atoms with van der Waals surface area (Å²) >= 11 is 0. The molecule has 94 valence electrons. The van der Waals surface area contributed by atoms with E-state index in [9.17, 15) is 4.79 Å². The summed E-state index contributed by atoms with van der Waals surface area (Å²) in [5.74, 6) is 0.0781. The van der Waals surface area contributed by atoms with Crippen LogP contribution in [0, 0.1) is 20.8 Å². The molecule has 1 aromatic carbocycles. The van der Waals surface area contributed by atoms with Crippen molar-refractivity contribution in [1.29, 1.82) is 0 Å². The highest BCUT2D eigenvalue weighted by molar-refractivity contribution is 5.75. The normalized spacial score (nSPS) is 10.4. The van der Waals surface area contributed by atoms with Crippen molar-refractivity contribution in [1.82, 2.24) is 10.6 Å². The first-order valence-corrected chi connectivity index (χ1v) is 6.02. The maximum atomic E-state index is 11.0. The zero-order chi connectivity index (χ0) is 12.8. The fourth-order valence-corrected chi connectivity index (χ4v) is 1.76. The Morgan fingerprint density at radius 2 is 1.76 bits per heavy atom. The van der Waals surface area contributed by atoms with Gasteiger partial charge >= 0.3 is 0 Å². The Bertz CT molecular complexity index is 399. The van der Waals surface area contributed by atoms with Crippen LogP contribution < -0.4 is 10.6 Å².